The normalized spacial score (nSPS) is 14.0. The summed E-state index contributed by atoms with van der Waals surface area (Å²) in [5.74, 6) is -0.163. The summed E-state index contributed by atoms with van der Waals surface area (Å²) < 4.78 is 5.04. The zero-order valence-electron chi connectivity index (χ0n) is 10.2. The van der Waals surface area contributed by atoms with E-state index in [-0.39, 0.29) is 11.0 Å². The zero-order chi connectivity index (χ0) is 11.8. The predicted molar refractivity (Wildman–Crippen MR) is 66.3 cm³/mol. The Morgan fingerprint density at radius 3 is 1.71 bits per heavy atom. The van der Waals surface area contributed by atoms with Crippen LogP contribution in [0, 0.1) is 0 Å². The van der Waals surface area contributed by atoms with Crippen molar-refractivity contribution in [1.82, 2.24) is 0 Å². The minimum Gasteiger partial charge on any atom is -0.518 e. The Hall–Kier alpha value is 0.167. The molecule has 0 aromatic heterocycles. The molecule has 2 nitrogen and oxygen atoms in total. The van der Waals surface area contributed by atoms with E-state index in [1.165, 1.54) is 0 Å². The molecule has 0 heterocycles. The fraction of sp³-hybridized carbons (Fsp3) is 0.900. The smallest absolute Gasteiger partial charge is 0.309 e. The number of carbonyl (C=O) groups excluding carboxylic acids is 1. The molecule has 0 fully saturated rings. The molecular formula is C10H21BrO2Si. The van der Waals surface area contributed by atoms with Gasteiger partial charge in [0.15, 0.2) is 0 Å². The molecule has 0 aromatic rings. The van der Waals surface area contributed by atoms with Crippen molar-refractivity contribution in [2.75, 3.05) is 0 Å². The van der Waals surface area contributed by atoms with E-state index in [0.29, 0.717) is 0 Å². The second-order valence-electron chi connectivity index (χ2n) is 5.62. The average Bonchev–Trinajstić information content (AvgIpc) is 1.80. The Bertz CT molecular complexity index is 223. The lowest BCUT2D eigenvalue weighted by Crippen LogP contribution is -2.46. The first-order chi connectivity index (χ1) is 5.88. The van der Waals surface area contributed by atoms with Crippen LogP contribution >= 0.6 is 15.9 Å². The average molecular weight is 281 g/mol. The summed E-state index contributed by atoms with van der Waals surface area (Å²) in [7, 11) is -1.96. The van der Waals surface area contributed by atoms with Crippen molar-refractivity contribution in [1.29, 1.82) is 0 Å². The van der Waals surface area contributed by atoms with Crippen LogP contribution in [0.5, 0.6) is 0 Å². The maximum absolute atomic E-state index is 11.7. The second-order valence-corrected chi connectivity index (χ2v) is 12.3. The third kappa shape index (κ3) is 3.73. The van der Waals surface area contributed by atoms with Crippen LogP contribution in [-0.4, -0.2) is 18.6 Å². The van der Waals surface area contributed by atoms with Gasteiger partial charge in [0.05, 0.1) is 0 Å². The van der Waals surface area contributed by atoms with Gasteiger partial charge in [0.1, 0.15) is 4.32 Å². The lowest BCUT2D eigenvalue weighted by atomic mass is 10.2. The van der Waals surface area contributed by atoms with Gasteiger partial charge in [-0.25, -0.2) is 0 Å². The number of alkyl halides is 1. The van der Waals surface area contributed by atoms with E-state index in [1.807, 2.05) is 13.8 Å². The molecule has 84 valence electrons. The van der Waals surface area contributed by atoms with Crippen LogP contribution in [0.25, 0.3) is 0 Å². The monoisotopic (exact) mass is 280 g/mol. The summed E-state index contributed by atoms with van der Waals surface area (Å²) in [5, 5.41) is 0.0703. The van der Waals surface area contributed by atoms with Crippen molar-refractivity contribution >= 4 is 30.2 Å². The Balaban J connectivity index is 4.62. The van der Waals surface area contributed by atoms with Crippen LogP contribution in [0.1, 0.15) is 34.6 Å². The predicted octanol–water partition coefficient (Wildman–Crippen LogP) is 3.71. The Morgan fingerprint density at radius 1 is 1.14 bits per heavy atom. The molecule has 4 heteroatoms. The van der Waals surface area contributed by atoms with Crippen LogP contribution in [0.3, 0.4) is 0 Å². The van der Waals surface area contributed by atoms with Gasteiger partial charge in [-0.05, 0) is 32.0 Å². The first-order valence-corrected chi connectivity index (χ1v) is 8.50. The van der Waals surface area contributed by atoms with Crippen LogP contribution in [0.4, 0.5) is 0 Å². The molecule has 0 aliphatic heterocycles. The summed E-state index contributed by atoms with van der Waals surface area (Å²) in [4.78, 5) is 11.7. The van der Waals surface area contributed by atoms with Crippen LogP contribution < -0.4 is 0 Å². The van der Waals surface area contributed by atoms with Gasteiger partial charge < -0.3 is 4.43 Å². The standard InChI is InChI=1S/C10H21BrO2Si/c1-9(2,3)14(6,7)13-8(12)10(4,5)11/h1-7H3. The SMILES string of the molecule is CC(C)(Br)C(=O)O[Si](C)(C)C(C)(C)C. The zero-order valence-corrected chi connectivity index (χ0v) is 12.8. The minimum absolute atomic E-state index is 0.0703. The molecule has 0 N–H and O–H groups in total. The van der Waals surface area contributed by atoms with E-state index in [9.17, 15) is 4.79 Å². The van der Waals surface area contributed by atoms with Crippen molar-refractivity contribution in [2.24, 2.45) is 0 Å². The van der Waals surface area contributed by atoms with Crippen LogP contribution in [-0.2, 0) is 9.22 Å². The van der Waals surface area contributed by atoms with E-state index >= 15 is 0 Å². The molecule has 0 radical (unpaired) electrons. The molecule has 0 spiro atoms. The molecule has 14 heavy (non-hydrogen) atoms. The Labute approximate surface area is 96.7 Å². The van der Waals surface area contributed by atoms with Crippen molar-refractivity contribution < 1.29 is 9.22 Å². The van der Waals surface area contributed by atoms with E-state index in [2.05, 4.69) is 49.8 Å². The van der Waals surface area contributed by atoms with Gasteiger partial charge in [-0.2, -0.15) is 0 Å². The summed E-state index contributed by atoms with van der Waals surface area (Å²) in [6, 6.07) is 0. The highest BCUT2D eigenvalue weighted by atomic mass is 79.9. The molecule has 0 aliphatic carbocycles. The minimum atomic E-state index is -1.96. The number of hydrogen-bond donors (Lipinski definition) is 0. The number of halogens is 1. The van der Waals surface area contributed by atoms with Gasteiger partial charge in [-0.1, -0.05) is 36.7 Å². The van der Waals surface area contributed by atoms with Crippen molar-refractivity contribution in [3.8, 4) is 0 Å². The van der Waals surface area contributed by atoms with Gasteiger partial charge in [0.25, 0.3) is 8.32 Å². The molecule has 0 rings (SSSR count). The molecule has 0 saturated carbocycles. The van der Waals surface area contributed by atoms with E-state index < -0.39 is 12.6 Å². The largest absolute Gasteiger partial charge is 0.518 e. The Kier molecular flexibility index (Phi) is 4.01. The highest BCUT2D eigenvalue weighted by molar-refractivity contribution is 9.10. The molecule has 0 bridgehead atoms. The summed E-state index contributed by atoms with van der Waals surface area (Å²) in [5.41, 5.74) is 0. The van der Waals surface area contributed by atoms with Crippen molar-refractivity contribution in [2.45, 2.75) is 57.1 Å². The summed E-state index contributed by atoms with van der Waals surface area (Å²) in [6.45, 7) is 14.1. The quantitative estimate of drug-likeness (QED) is 0.569. The van der Waals surface area contributed by atoms with Gasteiger partial charge in [-0.3, -0.25) is 4.79 Å². The number of rotatable bonds is 2. The maximum atomic E-state index is 11.7. The third-order valence-corrected chi connectivity index (χ3v) is 7.27. The van der Waals surface area contributed by atoms with Gasteiger partial charge in [0.2, 0.25) is 0 Å². The van der Waals surface area contributed by atoms with Crippen molar-refractivity contribution in [3.63, 3.8) is 0 Å². The molecule has 0 atom stereocenters. The maximum Gasteiger partial charge on any atom is 0.309 e. The topological polar surface area (TPSA) is 26.3 Å². The number of carbonyl (C=O) groups is 1. The molecule has 0 aromatic carbocycles. The molecule has 0 amide bonds. The third-order valence-electron chi connectivity index (χ3n) is 2.64. The lowest BCUT2D eigenvalue weighted by molar-refractivity contribution is -0.137. The molecule has 0 saturated heterocycles. The summed E-state index contributed by atoms with van der Waals surface area (Å²) in [6.07, 6.45) is 0. The van der Waals surface area contributed by atoms with Gasteiger partial charge in [0, 0.05) is 0 Å². The molecule has 0 unspecified atom stereocenters. The van der Waals surface area contributed by atoms with Crippen LogP contribution in [0.15, 0.2) is 0 Å². The fourth-order valence-corrected chi connectivity index (χ4v) is 1.76. The van der Waals surface area contributed by atoms with E-state index in [4.69, 9.17) is 4.43 Å². The summed E-state index contributed by atoms with van der Waals surface area (Å²) >= 11 is 3.31. The van der Waals surface area contributed by atoms with Crippen LogP contribution in [0.2, 0.25) is 18.1 Å². The highest BCUT2D eigenvalue weighted by Crippen LogP contribution is 2.37. The second kappa shape index (κ2) is 3.97. The lowest BCUT2D eigenvalue weighted by Gasteiger charge is -2.37. The van der Waals surface area contributed by atoms with Crippen molar-refractivity contribution in [3.05, 3.63) is 0 Å². The highest BCUT2D eigenvalue weighted by Gasteiger charge is 2.42. The number of hydrogen-bond acceptors (Lipinski definition) is 2. The van der Waals surface area contributed by atoms with Gasteiger partial charge >= 0.3 is 5.97 Å². The molecule has 0 aliphatic rings. The Morgan fingerprint density at radius 2 is 1.50 bits per heavy atom. The van der Waals surface area contributed by atoms with Gasteiger partial charge in [-0.15, -0.1) is 0 Å². The molecular weight excluding hydrogens is 260 g/mol. The first kappa shape index (κ1) is 14.2. The van der Waals surface area contributed by atoms with E-state index in [0.717, 1.165) is 0 Å². The fourth-order valence-electron chi connectivity index (χ4n) is 0.506. The van der Waals surface area contributed by atoms with E-state index in [1.54, 1.807) is 0 Å². The first-order valence-electron chi connectivity index (χ1n) is 4.80.